The summed E-state index contributed by atoms with van der Waals surface area (Å²) in [4.78, 5) is 8.61. The molecular formula is C10H9N5S2. The van der Waals surface area contributed by atoms with Gasteiger partial charge in [0.15, 0.2) is 0 Å². The Kier molecular flexibility index (Phi) is 2.41. The second-order valence-corrected chi connectivity index (χ2v) is 5.25. The first-order chi connectivity index (χ1) is 8.22. The van der Waals surface area contributed by atoms with Crippen molar-refractivity contribution in [3.8, 4) is 0 Å². The molecule has 0 aliphatic rings. The molecule has 3 aromatic rings. The molecule has 0 saturated heterocycles. The number of nitrogen functional groups attached to an aromatic ring is 1. The van der Waals surface area contributed by atoms with E-state index in [9.17, 15) is 0 Å². The smallest absolute Gasteiger partial charge is 0.230 e. The van der Waals surface area contributed by atoms with E-state index < -0.39 is 0 Å². The molecule has 0 spiro atoms. The molecule has 0 atom stereocenters. The maximum Gasteiger partial charge on any atom is 0.230 e. The van der Waals surface area contributed by atoms with Crippen LogP contribution in [0, 0.1) is 6.92 Å². The summed E-state index contributed by atoms with van der Waals surface area (Å²) in [5.41, 5.74) is 7.71. The lowest BCUT2D eigenvalue weighted by Crippen LogP contribution is -1.99. The summed E-state index contributed by atoms with van der Waals surface area (Å²) in [5, 5.41) is 5.97. The molecule has 86 valence electrons. The third-order valence-electron chi connectivity index (χ3n) is 2.19. The van der Waals surface area contributed by atoms with Crippen molar-refractivity contribution in [3.63, 3.8) is 0 Å². The fourth-order valence-corrected chi connectivity index (χ4v) is 2.86. The van der Waals surface area contributed by atoms with Gasteiger partial charge in [-0.25, -0.2) is 4.98 Å². The quantitative estimate of drug-likeness (QED) is 0.743. The van der Waals surface area contributed by atoms with E-state index in [-0.39, 0.29) is 0 Å². The van der Waals surface area contributed by atoms with Gasteiger partial charge in [-0.1, -0.05) is 0 Å². The van der Waals surface area contributed by atoms with Gasteiger partial charge in [-0.3, -0.25) is 0 Å². The molecule has 0 unspecified atom stereocenters. The summed E-state index contributed by atoms with van der Waals surface area (Å²) in [6.45, 7) is 1.94. The third kappa shape index (κ3) is 1.94. The van der Waals surface area contributed by atoms with Crippen LogP contribution in [0.4, 0.5) is 16.8 Å². The van der Waals surface area contributed by atoms with Gasteiger partial charge in [0.05, 0.1) is 15.9 Å². The minimum absolute atomic E-state index is 0.508. The number of hydrogen-bond donors (Lipinski definition) is 2. The maximum atomic E-state index is 5.87. The van der Waals surface area contributed by atoms with Crippen molar-refractivity contribution in [1.29, 1.82) is 0 Å². The number of aromatic nitrogens is 3. The predicted molar refractivity (Wildman–Crippen MR) is 72.0 cm³/mol. The molecule has 3 N–H and O–H groups in total. The highest BCUT2D eigenvalue weighted by Gasteiger charge is 2.07. The van der Waals surface area contributed by atoms with Crippen molar-refractivity contribution >= 4 is 49.9 Å². The Balaban J connectivity index is 2.00. The van der Waals surface area contributed by atoms with Crippen molar-refractivity contribution in [2.24, 2.45) is 0 Å². The molecule has 3 heterocycles. The molecule has 7 heteroatoms. The monoisotopic (exact) mass is 263 g/mol. The molecule has 17 heavy (non-hydrogen) atoms. The summed E-state index contributed by atoms with van der Waals surface area (Å²) in [5.74, 6) is 1.02. The zero-order chi connectivity index (χ0) is 11.8. The molecule has 5 nitrogen and oxygen atoms in total. The van der Waals surface area contributed by atoms with E-state index in [4.69, 9.17) is 5.73 Å². The van der Waals surface area contributed by atoms with Crippen molar-refractivity contribution < 1.29 is 0 Å². The number of nitrogens with zero attached hydrogens (tertiary/aromatic N) is 3. The SMILES string of the molecule is Cc1cc(Nc2nc(N)c3sccc3n2)sn1. The zero-order valence-corrected chi connectivity index (χ0v) is 10.6. The van der Waals surface area contributed by atoms with Gasteiger partial charge in [0.2, 0.25) is 5.95 Å². The Morgan fingerprint density at radius 3 is 3.00 bits per heavy atom. The first-order valence-corrected chi connectivity index (χ1v) is 6.59. The molecule has 0 fully saturated rings. The summed E-state index contributed by atoms with van der Waals surface area (Å²) in [6, 6.07) is 3.88. The number of nitrogens with one attached hydrogen (secondary N) is 1. The van der Waals surface area contributed by atoms with Crippen molar-refractivity contribution in [3.05, 3.63) is 23.2 Å². The van der Waals surface area contributed by atoms with Crippen LogP contribution in [-0.4, -0.2) is 14.3 Å². The van der Waals surface area contributed by atoms with Gasteiger partial charge in [-0.15, -0.1) is 11.3 Å². The number of anilines is 3. The molecule has 0 radical (unpaired) electrons. The van der Waals surface area contributed by atoms with Gasteiger partial charge >= 0.3 is 0 Å². The number of thiophene rings is 1. The Morgan fingerprint density at radius 1 is 1.35 bits per heavy atom. The Labute approximate surface area is 106 Å². The van der Waals surface area contributed by atoms with Crippen molar-refractivity contribution in [2.45, 2.75) is 6.92 Å². The second-order valence-electron chi connectivity index (χ2n) is 3.52. The summed E-state index contributed by atoms with van der Waals surface area (Å²) < 4.78 is 5.11. The highest BCUT2D eigenvalue weighted by Crippen LogP contribution is 2.27. The standard InChI is InChI=1S/C10H9N5S2/c1-5-4-7(17-15-5)13-10-12-6-2-3-16-8(6)9(11)14-10/h2-4H,1H3,(H3,11,12,13,14). The van der Waals surface area contributed by atoms with Gasteiger partial charge in [-0.2, -0.15) is 9.36 Å². The molecule has 0 aliphatic carbocycles. The van der Waals surface area contributed by atoms with Crippen LogP contribution < -0.4 is 11.1 Å². The predicted octanol–water partition coefficient (Wildman–Crippen LogP) is 2.78. The zero-order valence-electron chi connectivity index (χ0n) is 8.97. The van der Waals surface area contributed by atoms with Gasteiger partial charge in [-0.05, 0) is 36.0 Å². The Bertz CT molecular complexity index is 672. The fraction of sp³-hybridized carbons (Fsp3) is 0.100. The van der Waals surface area contributed by atoms with Crippen molar-refractivity contribution in [2.75, 3.05) is 11.1 Å². The molecule has 0 aromatic carbocycles. The van der Waals surface area contributed by atoms with E-state index in [1.165, 1.54) is 11.5 Å². The Morgan fingerprint density at radius 2 is 2.24 bits per heavy atom. The second kappa shape index (κ2) is 3.94. The molecule has 0 bridgehead atoms. The normalized spacial score (nSPS) is 10.9. The maximum absolute atomic E-state index is 5.87. The highest BCUT2D eigenvalue weighted by molar-refractivity contribution is 7.17. The van der Waals surface area contributed by atoms with Crippen LogP contribution in [0.25, 0.3) is 10.2 Å². The fourth-order valence-electron chi connectivity index (χ4n) is 1.47. The Hall–Kier alpha value is -1.73. The molecule has 0 saturated carbocycles. The topological polar surface area (TPSA) is 76.7 Å². The van der Waals surface area contributed by atoms with E-state index in [1.54, 1.807) is 11.3 Å². The van der Waals surface area contributed by atoms with E-state index in [2.05, 4.69) is 19.7 Å². The molecule has 3 rings (SSSR count). The molecule has 0 amide bonds. The lowest BCUT2D eigenvalue weighted by Gasteiger charge is -2.02. The summed E-state index contributed by atoms with van der Waals surface area (Å²) >= 11 is 2.92. The highest BCUT2D eigenvalue weighted by atomic mass is 32.1. The largest absolute Gasteiger partial charge is 0.382 e. The first-order valence-electron chi connectivity index (χ1n) is 4.93. The third-order valence-corrected chi connectivity index (χ3v) is 3.91. The number of aryl methyl sites for hydroxylation is 1. The van der Waals surface area contributed by atoms with Crippen molar-refractivity contribution in [1.82, 2.24) is 14.3 Å². The van der Waals surface area contributed by atoms with Crippen LogP contribution in [0.3, 0.4) is 0 Å². The molecule has 3 aromatic heterocycles. The van der Waals surface area contributed by atoms with Crippen LogP contribution >= 0.6 is 22.9 Å². The van der Waals surface area contributed by atoms with Crippen LogP contribution in [0.2, 0.25) is 0 Å². The van der Waals surface area contributed by atoms with Crippen LogP contribution in [0.15, 0.2) is 17.5 Å². The van der Waals surface area contributed by atoms with E-state index >= 15 is 0 Å². The van der Waals surface area contributed by atoms with Gasteiger partial charge in [0, 0.05) is 0 Å². The number of nitrogens with two attached hydrogens (primary N) is 1. The number of fused-ring (bicyclic) bond motifs is 1. The van der Waals surface area contributed by atoms with Crippen LogP contribution in [0.5, 0.6) is 0 Å². The van der Waals surface area contributed by atoms with Crippen LogP contribution in [0.1, 0.15) is 5.69 Å². The van der Waals surface area contributed by atoms with E-state index in [0.29, 0.717) is 11.8 Å². The average Bonchev–Trinajstić information content (AvgIpc) is 2.87. The minimum atomic E-state index is 0.508. The van der Waals surface area contributed by atoms with Crippen LogP contribution in [-0.2, 0) is 0 Å². The van der Waals surface area contributed by atoms with Gasteiger partial charge in [0.25, 0.3) is 0 Å². The van der Waals surface area contributed by atoms with Gasteiger partial charge < -0.3 is 11.1 Å². The average molecular weight is 263 g/mol. The lowest BCUT2D eigenvalue weighted by atomic mass is 10.4. The minimum Gasteiger partial charge on any atom is -0.382 e. The molecule has 0 aliphatic heterocycles. The summed E-state index contributed by atoms with van der Waals surface area (Å²) in [7, 11) is 0. The lowest BCUT2D eigenvalue weighted by molar-refractivity contribution is 1.23. The van der Waals surface area contributed by atoms with E-state index in [1.807, 2.05) is 24.4 Å². The number of rotatable bonds is 2. The number of hydrogen-bond acceptors (Lipinski definition) is 7. The first kappa shape index (κ1) is 10.4. The van der Waals surface area contributed by atoms with E-state index in [0.717, 1.165) is 20.9 Å². The summed E-state index contributed by atoms with van der Waals surface area (Å²) in [6.07, 6.45) is 0. The molecular weight excluding hydrogens is 254 g/mol. The van der Waals surface area contributed by atoms with Gasteiger partial charge in [0.1, 0.15) is 10.8 Å².